The molecule has 1 saturated heterocycles. The quantitative estimate of drug-likeness (QED) is 0.902. The van der Waals surface area contributed by atoms with Gasteiger partial charge in [-0.1, -0.05) is 29.3 Å². The van der Waals surface area contributed by atoms with Crippen LogP contribution in [0.3, 0.4) is 0 Å². The Morgan fingerprint density at radius 1 is 1.38 bits per heavy atom. The first-order valence-electron chi connectivity index (χ1n) is 6.94. The third-order valence-electron chi connectivity index (χ3n) is 3.93. The van der Waals surface area contributed by atoms with E-state index in [1.807, 2.05) is 17.0 Å². The molecule has 21 heavy (non-hydrogen) atoms. The molecule has 0 saturated carbocycles. The van der Waals surface area contributed by atoms with E-state index >= 15 is 0 Å². The van der Waals surface area contributed by atoms with Crippen LogP contribution in [0.25, 0.3) is 0 Å². The van der Waals surface area contributed by atoms with Crippen LogP contribution >= 0.6 is 35.6 Å². The lowest BCUT2D eigenvalue weighted by Gasteiger charge is -2.21. The zero-order chi connectivity index (χ0) is 14.7. The molecule has 2 rings (SSSR count). The van der Waals surface area contributed by atoms with Gasteiger partial charge in [0.2, 0.25) is 5.91 Å². The summed E-state index contributed by atoms with van der Waals surface area (Å²) in [5, 5.41) is 1.08. The molecule has 1 aliphatic heterocycles. The average Bonchev–Trinajstić information content (AvgIpc) is 2.81. The number of amides is 1. The van der Waals surface area contributed by atoms with E-state index in [9.17, 15) is 4.79 Å². The fraction of sp³-hybridized carbons (Fsp3) is 0.533. The van der Waals surface area contributed by atoms with E-state index < -0.39 is 0 Å². The van der Waals surface area contributed by atoms with Crippen LogP contribution in [0.1, 0.15) is 25.3 Å². The van der Waals surface area contributed by atoms with Crippen LogP contribution in [0.2, 0.25) is 10.0 Å². The van der Waals surface area contributed by atoms with E-state index in [1.54, 1.807) is 6.07 Å². The molecule has 3 nitrogen and oxygen atoms in total. The van der Waals surface area contributed by atoms with Crippen molar-refractivity contribution in [1.29, 1.82) is 0 Å². The van der Waals surface area contributed by atoms with E-state index in [0.717, 1.165) is 18.5 Å². The average molecular weight is 352 g/mol. The first-order valence-corrected chi connectivity index (χ1v) is 7.70. The molecule has 1 aromatic carbocycles. The third kappa shape index (κ3) is 4.75. The van der Waals surface area contributed by atoms with Gasteiger partial charge in [-0.15, -0.1) is 12.4 Å². The Morgan fingerprint density at radius 2 is 2.10 bits per heavy atom. The van der Waals surface area contributed by atoms with E-state index in [4.69, 9.17) is 28.9 Å². The number of carbonyl (C=O) groups excluding carboxylic acids is 1. The molecule has 2 N–H and O–H groups in total. The Bertz CT molecular complexity index is 496. The van der Waals surface area contributed by atoms with Crippen LogP contribution in [0.15, 0.2) is 18.2 Å². The van der Waals surface area contributed by atoms with Gasteiger partial charge in [0.05, 0.1) is 10.0 Å². The molecule has 2 atom stereocenters. The number of aryl methyl sites for hydroxylation is 1. The number of rotatable bonds is 4. The van der Waals surface area contributed by atoms with E-state index in [-0.39, 0.29) is 18.3 Å². The standard InChI is InChI=1S/C15H20Cl2N2O.ClH/c1-10-6-12(8-18)9-19(10)15(20)5-3-11-2-4-13(16)14(17)7-11;/h2,4,7,10,12H,3,5-6,8-9,18H2,1H3;1H. The summed E-state index contributed by atoms with van der Waals surface area (Å²) in [5.74, 6) is 0.637. The molecule has 1 aromatic rings. The molecule has 1 amide bonds. The summed E-state index contributed by atoms with van der Waals surface area (Å²) in [6.07, 6.45) is 2.20. The summed E-state index contributed by atoms with van der Waals surface area (Å²) in [5.41, 5.74) is 6.73. The summed E-state index contributed by atoms with van der Waals surface area (Å²) in [6, 6.07) is 5.81. The SMILES string of the molecule is CC1CC(CN)CN1C(=O)CCc1ccc(Cl)c(Cl)c1.Cl. The number of carbonyl (C=O) groups is 1. The monoisotopic (exact) mass is 350 g/mol. The molecule has 118 valence electrons. The minimum atomic E-state index is 0. The first kappa shape index (κ1) is 18.6. The minimum absolute atomic E-state index is 0. The van der Waals surface area contributed by atoms with E-state index in [2.05, 4.69) is 6.92 Å². The summed E-state index contributed by atoms with van der Waals surface area (Å²) in [6.45, 7) is 3.53. The van der Waals surface area contributed by atoms with Crippen LogP contribution in [-0.2, 0) is 11.2 Å². The molecule has 2 unspecified atom stereocenters. The topological polar surface area (TPSA) is 46.3 Å². The zero-order valence-corrected chi connectivity index (χ0v) is 14.3. The fourth-order valence-corrected chi connectivity index (χ4v) is 3.07. The molecule has 0 radical (unpaired) electrons. The number of nitrogens with two attached hydrogens (primary N) is 1. The smallest absolute Gasteiger partial charge is 0.223 e. The van der Waals surface area contributed by atoms with Crippen molar-refractivity contribution >= 4 is 41.5 Å². The minimum Gasteiger partial charge on any atom is -0.340 e. The lowest BCUT2D eigenvalue weighted by atomic mass is 10.1. The molecule has 6 heteroatoms. The Hall–Kier alpha value is -0.480. The van der Waals surface area contributed by atoms with Crippen molar-refractivity contribution in [3.63, 3.8) is 0 Å². The Kier molecular flexibility index (Phi) is 7.28. The van der Waals surface area contributed by atoms with E-state index in [0.29, 0.717) is 41.4 Å². The highest BCUT2D eigenvalue weighted by Gasteiger charge is 2.30. The Morgan fingerprint density at radius 3 is 2.67 bits per heavy atom. The van der Waals surface area contributed by atoms with E-state index in [1.165, 1.54) is 0 Å². The van der Waals surface area contributed by atoms with Crippen LogP contribution in [0.5, 0.6) is 0 Å². The molecule has 0 aromatic heterocycles. The number of benzene rings is 1. The largest absolute Gasteiger partial charge is 0.340 e. The van der Waals surface area contributed by atoms with Gasteiger partial charge in [-0.2, -0.15) is 0 Å². The van der Waals surface area contributed by atoms with Crippen molar-refractivity contribution in [2.75, 3.05) is 13.1 Å². The van der Waals surface area contributed by atoms with Crippen molar-refractivity contribution in [3.05, 3.63) is 33.8 Å². The predicted octanol–water partition coefficient (Wildman–Crippen LogP) is 3.54. The Balaban J connectivity index is 0.00000220. The Labute approximate surface area is 142 Å². The lowest BCUT2D eigenvalue weighted by Crippen LogP contribution is -2.34. The van der Waals surface area contributed by atoms with Crippen molar-refractivity contribution < 1.29 is 4.79 Å². The number of hydrogen-bond acceptors (Lipinski definition) is 2. The van der Waals surface area contributed by atoms with Crippen LogP contribution in [0.4, 0.5) is 0 Å². The summed E-state index contributed by atoms with van der Waals surface area (Å²) in [7, 11) is 0. The van der Waals surface area contributed by atoms with Gasteiger partial charge in [0.15, 0.2) is 0 Å². The van der Waals surface area contributed by atoms with Gasteiger partial charge in [0.1, 0.15) is 0 Å². The maximum atomic E-state index is 12.3. The highest BCUT2D eigenvalue weighted by molar-refractivity contribution is 6.42. The van der Waals surface area contributed by atoms with Gasteiger partial charge in [-0.05, 0) is 49.9 Å². The van der Waals surface area contributed by atoms with Crippen molar-refractivity contribution in [2.24, 2.45) is 11.7 Å². The van der Waals surface area contributed by atoms with Crippen molar-refractivity contribution in [1.82, 2.24) is 4.90 Å². The van der Waals surface area contributed by atoms with Crippen molar-refractivity contribution in [2.45, 2.75) is 32.2 Å². The van der Waals surface area contributed by atoms with Crippen LogP contribution in [0, 0.1) is 5.92 Å². The second-order valence-corrected chi connectivity index (χ2v) is 6.30. The van der Waals surface area contributed by atoms with Gasteiger partial charge in [0.25, 0.3) is 0 Å². The molecule has 1 aliphatic rings. The fourth-order valence-electron chi connectivity index (χ4n) is 2.75. The second kappa shape index (κ2) is 8.23. The van der Waals surface area contributed by atoms with Gasteiger partial charge in [-0.3, -0.25) is 4.79 Å². The zero-order valence-electron chi connectivity index (χ0n) is 12.0. The summed E-state index contributed by atoms with van der Waals surface area (Å²) >= 11 is 11.9. The van der Waals surface area contributed by atoms with Gasteiger partial charge >= 0.3 is 0 Å². The molecular weight excluding hydrogens is 331 g/mol. The maximum Gasteiger partial charge on any atom is 0.223 e. The first-order chi connectivity index (χ1) is 9.51. The van der Waals surface area contributed by atoms with Crippen molar-refractivity contribution in [3.8, 4) is 0 Å². The molecule has 0 bridgehead atoms. The number of nitrogens with zero attached hydrogens (tertiary/aromatic N) is 1. The number of likely N-dealkylation sites (tertiary alicyclic amines) is 1. The highest BCUT2D eigenvalue weighted by atomic mass is 35.5. The predicted molar refractivity (Wildman–Crippen MR) is 90.4 cm³/mol. The van der Waals surface area contributed by atoms with Gasteiger partial charge < -0.3 is 10.6 Å². The van der Waals surface area contributed by atoms with Crippen LogP contribution < -0.4 is 5.73 Å². The van der Waals surface area contributed by atoms with Crippen LogP contribution in [-0.4, -0.2) is 29.9 Å². The molecule has 1 heterocycles. The lowest BCUT2D eigenvalue weighted by molar-refractivity contribution is -0.131. The molecule has 0 aliphatic carbocycles. The third-order valence-corrected chi connectivity index (χ3v) is 4.67. The normalized spacial score (nSPS) is 21.2. The molecular formula is C15H21Cl3N2O. The second-order valence-electron chi connectivity index (χ2n) is 5.48. The highest BCUT2D eigenvalue weighted by Crippen LogP contribution is 2.25. The number of hydrogen-bond donors (Lipinski definition) is 1. The number of halogens is 3. The molecule has 1 fully saturated rings. The summed E-state index contributed by atoms with van der Waals surface area (Å²) in [4.78, 5) is 14.2. The molecule has 0 spiro atoms. The maximum absolute atomic E-state index is 12.3. The van der Waals surface area contributed by atoms with Gasteiger partial charge in [-0.25, -0.2) is 0 Å². The summed E-state index contributed by atoms with van der Waals surface area (Å²) < 4.78 is 0. The van der Waals surface area contributed by atoms with Gasteiger partial charge in [0, 0.05) is 19.0 Å².